The maximum Gasteiger partial charge on any atom is 0.282 e. The zero-order valence-corrected chi connectivity index (χ0v) is 12.2. The lowest BCUT2D eigenvalue weighted by Gasteiger charge is -2.37. The van der Waals surface area contributed by atoms with Crippen molar-refractivity contribution in [2.24, 2.45) is 0 Å². The predicted molar refractivity (Wildman–Crippen MR) is 72.6 cm³/mol. The molecular weight excluding hydrogens is 250 g/mol. The van der Waals surface area contributed by atoms with E-state index in [1.165, 1.54) is 6.42 Å². The van der Waals surface area contributed by atoms with Crippen LogP contribution in [0.1, 0.15) is 39.0 Å². The molecule has 106 valence electrons. The summed E-state index contributed by atoms with van der Waals surface area (Å²) in [5.74, 6) is 0. The molecule has 2 aliphatic rings. The Bertz CT molecular complexity index is 366. The van der Waals surface area contributed by atoms with Crippen LogP contribution in [0.4, 0.5) is 0 Å². The highest BCUT2D eigenvalue weighted by Crippen LogP contribution is 2.25. The second-order valence-electron chi connectivity index (χ2n) is 5.53. The number of hydrogen-bond acceptors (Lipinski definition) is 3. The average Bonchev–Trinajstić information content (AvgIpc) is 2.39. The van der Waals surface area contributed by atoms with Crippen LogP contribution < -0.4 is 5.32 Å². The highest BCUT2D eigenvalue weighted by Gasteiger charge is 2.34. The van der Waals surface area contributed by atoms with Gasteiger partial charge in [-0.05, 0) is 19.8 Å². The van der Waals surface area contributed by atoms with Gasteiger partial charge in [0.2, 0.25) is 0 Å². The van der Waals surface area contributed by atoms with Crippen LogP contribution in [0.15, 0.2) is 0 Å². The Morgan fingerprint density at radius 3 is 2.50 bits per heavy atom. The van der Waals surface area contributed by atoms with Crippen LogP contribution in [-0.2, 0) is 10.2 Å². The van der Waals surface area contributed by atoms with Gasteiger partial charge >= 0.3 is 0 Å². The fourth-order valence-electron chi connectivity index (χ4n) is 2.92. The minimum Gasteiger partial charge on any atom is -0.312 e. The molecule has 1 atom stereocenters. The largest absolute Gasteiger partial charge is 0.312 e. The third kappa shape index (κ3) is 3.04. The summed E-state index contributed by atoms with van der Waals surface area (Å²) in [6, 6.07) is 0.447. The Morgan fingerprint density at radius 1 is 1.22 bits per heavy atom. The van der Waals surface area contributed by atoms with Crippen LogP contribution in [0.3, 0.4) is 0 Å². The fraction of sp³-hybridized carbons (Fsp3) is 1.00. The van der Waals surface area contributed by atoms with E-state index in [-0.39, 0.29) is 12.1 Å². The molecule has 6 heteroatoms. The summed E-state index contributed by atoms with van der Waals surface area (Å²) in [5, 5.41) is 3.28. The highest BCUT2D eigenvalue weighted by molar-refractivity contribution is 7.86. The van der Waals surface area contributed by atoms with Crippen molar-refractivity contribution in [3.05, 3.63) is 0 Å². The molecule has 1 aliphatic heterocycles. The smallest absolute Gasteiger partial charge is 0.282 e. The van der Waals surface area contributed by atoms with E-state index in [1.807, 2.05) is 6.92 Å². The second-order valence-corrected chi connectivity index (χ2v) is 7.52. The summed E-state index contributed by atoms with van der Waals surface area (Å²) >= 11 is 0. The van der Waals surface area contributed by atoms with E-state index >= 15 is 0 Å². The molecule has 0 spiro atoms. The third-order valence-electron chi connectivity index (χ3n) is 4.11. The van der Waals surface area contributed by atoms with Crippen LogP contribution in [0, 0.1) is 0 Å². The van der Waals surface area contributed by atoms with Gasteiger partial charge in [0.25, 0.3) is 10.2 Å². The predicted octanol–water partition coefficient (Wildman–Crippen LogP) is 0.789. The zero-order chi connectivity index (χ0) is 13.2. The molecule has 1 saturated carbocycles. The lowest BCUT2D eigenvalue weighted by atomic mass is 9.96. The van der Waals surface area contributed by atoms with Gasteiger partial charge in [-0.1, -0.05) is 19.3 Å². The topological polar surface area (TPSA) is 52.7 Å². The highest BCUT2D eigenvalue weighted by atomic mass is 32.2. The molecule has 1 saturated heterocycles. The van der Waals surface area contributed by atoms with Crippen molar-refractivity contribution >= 4 is 10.2 Å². The number of nitrogens with zero attached hydrogens (tertiary/aromatic N) is 2. The first-order valence-corrected chi connectivity index (χ1v) is 8.38. The van der Waals surface area contributed by atoms with Gasteiger partial charge in [0.05, 0.1) is 0 Å². The van der Waals surface area contributed by atoms with Gasteiger partial charge in [-0.25, -0.2) is 0 Å². The lowest BCUT2D eigenvalue weighted by molar-refractivity contribution is 0.244. The van der Waals surface area contributed by atoms with Crippen LogP contribution in [0.2, 0.25) is 0 Å². The number of rotatable bonds is 3. The summed E-state index contributed by atoms with van der Waals surface area (Å²) in [7, 11) is -1.52. The Balaban J connectivity index is 2.04. The summed E-state index contributed by atoms with van der Waals surface area (Å²) < 4.78 is 28.4. The van der Waals surface area contributed by atoms with Gasteiger partial charge in [0.1, 0.15) is 0 Å². The van der Waals surface area contributed by atoms with Gasteiger partial charge < -0.3 is 5.32 Å². The first kappa shape index (κ1) is 14.2. The molecule has 18 heavy (non-hydrogen) atoms. The molecule has 0 aromatic carbocycles. The average molecular weight is 275 g/mol. The molecule has 0 aromatic rings. The molecule has 1 aliphatic carbocycles. The first-order chi connectivity index (χ1) is 8.51. The van der Waals surface area contributed by atoms with E-state index in [0.717, 1.165) is 32.2 Å². The molecular formula is C12H25N3O2S. The van der Waals surface area contributed by atoms with Crippen molar-refractivity contribution in [2.75, 3.05) is 26.7 Å². The van der Waals surface area contributed by atoms with Gasteiger partial charge in [-0.3, -0.25) is 0 Å². The minimum absolute atomic E-state index is 0.203. The Kier molecular flexibility index (Phi) is 4.64. The lowest BCUT2D eigenvalue weighted by Crippen LogP contribution is -2.56. The van der Waals surface area contributed by atoms with Crippen LogP contribution in [0.25, 0.3) is 0 Å². The summed E-state index contributed by atoms with van der Waals surface area (Å²) in [4.78, 5) is 0. The normalized spacial score (nSPS) is 28.7. The molecule has 2 rings (SSSR count). The number of nitrogens with one attached hydrogen (secondary N) is 1. The van der Waals surface area contributed by atoms with Crippen molar-refractivity contribution in [3.63, 3.8) is 0 Å². The third-order valence-corrected chi connectivity index (χ3v) is 6.12. The van der Waals surface area contributed by atoms with E-state index < -0.39 is 10.2 Å². The summed E-state index contributed by atoms with van der Waals surface area (Å²) in [6.07, 6.45) is 5.58. The molecule has 1 heterocycles. The van der Waals surface area contributed by atoms with Crippen molar-refractivity contribution in [2.45, 2.75) is 51.1 Å². The van der Waals surface area contributed by atoms with E-state index in [0.29, 0.717) is 13.1 Å². The SMILES string of the molecule is CC1CN(S(=O)(=O)N(C)C2CCCCC2)CCN1. The first-order valence-electron chi connectivity index (χ1n) is 6.98. The fourth-order valence-corrected chi connectivity index (χ4v) is 4.61. The number of hydrogen-bond donors (Lipinski definition) is 1. The van der Waals surface area contributed by atoms with E-state index in [4.69, 9.17) is 0 Å². The second kappa shape index (κ2) is 5.86. The molecule has 0 amide bonds. The standard InChI is InChI=1S/C12H25N3O2S/c1-11-10-15(9-8-13-11)18(16,17)14(2)12-6-4-3-5-7-12/h11-13H,3-10H2,1-2H3. The Hall–Kier alpha value is -0.170. The van der Waals surface area contributed by atoms with Crippen LogP contribution >= 0.6 is 0 Å². The van der Waals surface area contributed by atoms with E-state index in [2.05, 4.69) is 5.32 Å². The molecule has 5 nitrogen and oxygen atoms in total. The minimum atomic E-state index is -3.27. The van der Waals surface area contributed by atoms with Crippen molar-refractivity contribution < 1.29 is 8.42 Å². The van der Waals surface area contributed by atoms with Crippen molar-refractivity contribution in [3.8, 4) is 0 Å². The molecule has 0 radical (unpaired) electrons. The maximum atomic E-state index is 12.6. The molecule has 2 fully saturated rings. The van der Waals surface area contributed by atoms with Crippen LogP contribution in [-0.4, -0.2) is 55.8 Å². The molecule has 1 unspecified atom stereocenters. The zero-order valence-electron chi connectivity index (χ0n) is 11.4. The molecule has 1 N–H and O–H groups in total. The van der Waals surface area contributed by atoms with Crippen molar-refractivity contribution in [1.82, 2.24) is 13.9 Å². The van der Waals surface area contributed by atoms with Crippen molar-refractivity contribution in [1.29, 1.82) is 0 Å². The quantitative estimate of drug-likeness (QED) is 0.828. The molecule has 0 bridgehead atoms. The van der Waals surface area contributed by atoms with E-state index in [1.54, 1.807) is 15.7 Å². The van der Waals surface area contributed by atoms with Gasteiger partial charge in [0.15, 0.2) is 0 Å². The molecule has 0 aromatic heterocycles. The summed E-state index contributed by atoms with van der Waals surface area (Å²) in [5.41, 5.74) is 0. The monoisotopic (exact) mass is 275 g/mol. The van der Waals surface area contributed by atoms with Gasteiger partial charge in [-0.2, -0.15) is 17.0 Å². The number of piperazine rings is 1. The maximum absolute atomic E-state index is 12.6. The van der Waals surface area contributed by atoms with Crippen LogP contribution in [0.5, 0.6) is 0 Å². The van der Waals surface area contributed by atoms with Gasteiger partial charge in [0, 0.05) is 38.8 Å². The Labute approximate surface area is 111 Å². The van der Waals surface area contributed by atoms with E-state index in [9.17, 15) is 8.42 Å². The van der Waals surface area contributed by atoms with Gasteiger partial charge in [-0.15, -0.1) is 0 Å². The Morgan fingerprint density at radius 2 is 1.89 bits per heavy atom. The summed E-state index contributed by atoms with van der Waals surface area (Å²) in [6.45, 7) is 3.95.